The molecule has 2 N–H and O–H groups in total. The topological polar surface area (TPSA) is 91.4 Å². The highest BCUT2D eigenvalue weighted by Crippen LogP contribution is 2.24. The number of fused-ring (bicyclic) bond motifs is 1. The van der Waals surface area contributed by atoms with Gasteiger partial charge in [-0.3, -0.25) is 19.8 Å². The highest BCUT2D eigenvalue weighted by Gasteiger charge is 2.34. The molecule has 0 saturated heterocycles. The van der Waals surface area contributed by atoms with E-state index in [0.29, 0.717) is 16.3 Å². The van der Waals surface area contributed by atoms with Gasteiger partial charge in [0.1, 0.15) is 0 Å². The van der Waals surface area contributed by atoms with Crippen molar-refractivity contribution in [2.24, 2.45) is 0 Å². The van der Waals surface area contributed by atoms with E-state index in [1.54, 1.807) is 24.3 Å². The summed E-state index contributed by atoms with van der Waals surface area (Å²) in [7, 11) is 0. The smallest absolute Gasteiger partial charge is 0.321 e. The van der Waals surface area contributed by atoms with Crippen molar-refractivity contribution in [1.82, 2.24) is 15.2 Å². The van der Waals surface area contributed by atoms with Gasteiger partial charge in [0.25, 0.3) is 11.8 Å². The molecule has 0 bridgehead atoms. The summed E-state index contributed by atoms with van der Waals surface area (Å²) in [6, 6.07) is 15.9. The van der Waals surface area contributed by atoms with Gasteiger partial charge in [0.2, 0.25) is 0 Å². The van der Waals surface area contributed by atoms with Crippen LogP contribution in [-0.4, -0.2) is 40.8 Å². The summed E-state index contributed by atoms with van der Waals surface area (Å²) in [5.41, 5.74) is 2.55. The molecule has 4 rings (SSSR count). The molecule has 0 unspecified atom stereocenters. The molecule has 0 spiro atoms. The van der Waals surface area contributed by atoms with Crippen molar-refractivity contribution in [3.8, 4) is 11.3 Å². The van der Waals surface area contributed by atoms with Gasteiger partial charge in [0, 0.05) is 24.0 Å². The van der Waals surface area contributed by atoms with E-state index in [0.717, 1.165) is 16.2 Å². The molecular weight excluding hydrogens is 376 g/mol. The third-order valence-electron chi connectivity index (χ3n) is 4.29. The Labute approximate surface area is 165 Å². The minimum absolute atomic E-state index is 0.104. The maximum Gasteiger partial charge on any atom is 0.321 e. The van der Waals surface area contributed by atoms with Crippen molar-refractivity contribution in [3.05, 3.63) is 71.1 Å². The number of amides is 4. The average molecular weight is 392 g/mol. The number of carbonyl (C=O) groups is 3. The zero-order valence-electron chi connectivity index (χ0n) is 14.7. The highest BCUT2D eigenvalue weighted by atomic mass is 32.1. The molecule has 28 heavy (non-hydrogen) atoms. The number of nitrogens with one attached hydrogen (secondary N) is 2. The van der Waals surface area contributed by atoms with Crippen LogP contribution < -0.4 is 10.6 Å². The Kier molecular flexibility index (Phi) is 4.86. The molecule has 2 aromatic carbocycles. The first kappa shape index (κ1) is 17.9. The monoisotopic (exact) mass is 392 g/mol. The second-order valence-corrected chi connectivity index (χ2v) is 6.95. The SMILES string of the molecule is O=C(NCCN1C(=O)c2ccccc2C1=O)Nc1nc(-c2ccccc2)cs1. The molecule has 0 fully saturated rings. The van der Waals surface area contributed by atoms with Gasteiger partial charge in [0.05, 0.1) is 16.8 Å². The fraction of sp³-hybridized carbons (Fsp3) is 0.100. The number of imide groups is 1. The first-order valence-electron chi connectivity index (χ1n) is 8.64. The van der Waals surface area contributed by atoms with Gasteiger partial charge in [-0.25, -0.2) is 9.78 Å². The molecule has 140 valence electrons. The Morgan fingerprint density at radius 1 is 0.964 bits per heavy atom. The Balaban J connectivity index is 1.30. The second kappa shape index (κ2) is 7.61. The van der Waals surface area contributed by atoms with Crippen molar-refractivity contribution in [1.29, 1.82) is 0 Å². The Morgan fingerprint density at radius 3 is 2.29 bits per heavy atom. The molecule has 1 aliphatic heterocycles. The largest absolute Gasteiger partial charge is 0.336 e. The molecular formula is C20H16N4O3S. The number of thiazole rings is 1. The molecule has 0 saturated carbocycles. The lowest BCUT2D eigenvalue weighted by Crippen LogP contribution is -2.39. The van der Waals surface area contributed by atoms with Crippen LogP contribution in [0.3, 0.4) is 0 Å². The molecule has 0 aliphatic carbocycles. The number of hydrogen-bond donors (Lipinski definition) is 2. The average Bonchev–Trinajstić information content (AvgIpc) is 3.28. The van der Waals surface area contributed by atoms with Crippen LogP contribution in [0, 0.1) is 0 Å². The van der Waals surface area contributed by atoms with Crippen molar-refractivity contribution < 1.29 is 14.4 Å². The van der Waals surface area contributed by atoms with Crippen molar-refractivity contribution >= 4 is 34.3 Å². The minimum atomic E-state index is -0.439. The highest BCUT2D eigenvalue weighted by molar-refractivity contribution is 7.14. The lowest BCUT2D eigenvalue weighted by molar-refractivity contribution is 0.0656. The molecule has 8 heteroatoms. The fourth-order valence-corrected chi connectivity index (χ4v) is 3.65. The van der Waals surface area contributed by atoms with E-state index in [1.165, 1.54) is 11.3 Å². The van der Waals surface area contributed by atoms with E-state index in [1.807, 2.05) is 35.7 Å². The van der Waals surface area contributed by atoms with E-state index in [2.05, 4.69) is 15.6 Å². The summed E-state index contributed by atoms with van der Waals surface area (Å²) in [5, 5.41) is 7.65. The molecule has 0 radical (unpaired) electrons. The molecule has 7 nitrogen and oxygen atoms in total. The second-order valence-electron chi connectivity index (χ2n) is 6.09. The van der Waals surface area contributed by atoms with Gasteiger partial charge >= 0.3 is 6.03 Å². The fourth-order valence-electron chi connectivity index (χ4n) is 2.94. The van der Waals surface area contributed by atoms with Gasteiger partial charge in [-0.15, -0.1) is 11.3 Å². The summed E-state index contributed by atoms with van der Waals surface area (Å²) >= 11 is 1.32. The summed E-state index contributed by atoms with van der Waals surface area (Å²) in [4.78, 5) is 42.2. The zero-order valence-corrected chi connectivity index (χ0v) is 15.5. The van der Waals surface area contributed by atoms with E-state index < -0.39 is 6.03 Å². The molecule has 4 amide bonds. The number of urea groups is 1. The Morgan fingerprint density at radius 2 is 1.61 bits per heavy atom. The number of aromatic nitrogens is 1. The van der Waals surface area contributed by atoms with Gasteiger partial charge in [-0.2, -0.15) is 0 Å². The first-order valence-corrected chi connectivity index (χ1v) is 9.52. The number of benzene rings is 2. The van der Waals surface area contributed by atoms with Crippen LogP contribution >= 0.6 is 11.3 Å². The molecule has 1 aromatic heterocycles. The predicted molar refractivity (Wildman–Crippen MR) is 106 cm³/mol. The third kappa shape index (κ3) is 3.49. The van der Waals surface area contributed by atoms with E-state index in [-0.39, 0.29) is 24.9 Å². The van der Waals surface area contributed by atoms with Crippen LogP contribution in [0.2, 0.25) is 0 Å². The van der Waals surface area contributed by atoms with E-state index in [9.17, 15) is 14.4 Å². The quantitative estimate of drug-likeness (QED) is 0.652. The maximum atomic E-state index is 12.3. The van der Waals surface area contributed by atoms with Crippen LogP contribution in [0.4, 0.5) is 9.93 Å². The van der Waals surface area contributed by atoms with Crippen LogP contribution in [0.1, 0.15) is 20.7 Å². The number of carbonyl (C=O) groups excluding carboxylic acids is 3. The summed E-state index contributed by atoms with van der Waals surface area (Å²) in [5.74, 6) is -0.675. The van der Waals surface area contributed by atoms with Crippen molar-refractivity contribution in [2.45, 2.75) is 0 Å². The zero-order chi connectivity index (χ0) is 19.5. The number of anilines is 1. The van der Waals surface area contributed by atoms with Crippen LogP contribution in [0.5, 0.6) is 0 Å². The van der Waals surface area contributed by atoms with Crippen molar-refractivity contribution in [3.63, 3.8) is 0 Å². The first-order chi connectivity index (χ1) is 13.6. The van der Waals surface area contributed by atoms with Crippen LogP contribution in [0.15, 0.2) is 60.0 Å². The minimum Gasteiger partial charge on any atom is -0.336 e. The van der Waals surface area contributed by atoms with E-state index in [4.69, 9.17) is 0 Å². The Bertz CT molecular complexity index is 1010. The molecule has 1 aliphatic rings. The lowest BCUT2D eigenvalue weighted by Gasteiger charge is -2.14. The van der Waals surface area contributed by atoms with Crippen LogP contribution in [0.25, 0.3) is 11.3 Å². The predicted octanol–water partition coefficient (Wildman–Crippen LogP) is 3.23. The molecule has 3 aromatic rings. The molecule has 2 heterocycles. The van der Waals surface area contributed by atoms with Gasteiger partial charge in [-0.05, 0) is 12.1 Å². The maximum absolute atomic E-state index is 12.3. The van der Waals surface area contributed by atoms with Crippen molar-refractivity contribution in [2.75, 3.05) is 18.4 Å². The summed E-state index contributed by atoms with van der Waals surface area (Å²) < 4.78 is 0. The number of nitrogens with zero attached hydrogens (tertiary/aromatic N) is 2. The summed E-state index contributed by atoms with van der Waals surface area (Å²) in [6.45, 7) is 0.251. The lowest BCUT2D eigenvalue weighted by atomic mass is 10.1. The van der Waals surface area contributed by atoms with Gasteiger partial charge < -0.3 is 5.32 Å². The number of hydrogen-bond acceptors (Lipinski definition) is 5. The van der Waals surface area contributed by atoms with E-state index >= 15 is 0 Å². The van der Waals surface area contributed by atoms with Crippen LogP contribution in [-0.2, 0) is 0 Å². The third-order valence-corrected chi connectivity index (χ3v) is 5.05. The summed E-state index contributed by atoms with van der Waals surface area (Å²) in [6.07, 6.45) is 0. The standard InChI is InChI=1S/C20H16N4O3S/c25-17-14-8-4-5-9-15(14)18(26)24(17)11-10-21-19(27)23-20-22-16(12-28-20)13-6-2-1-3-7-13/h1-9,12H,10-11H2,(H2,21,22,23,27). The Hall–Kier alpha value is -3.52. The molecule has 0 atom stereocenters. The normalized spacial score (nSPS) is 12.8. The van der Waals surface area contributed by atoms with Gasteiger partial charge in [0.15, 0.2) is 5.13 Å². The number of rotatable bonds is 5. The van der Waals surface area contributed by atoms with Gasteiger partial charge in [-0.1, -0.05) is 42.5 Å².